The zero-order valence-electron chi connectivity index (χ0n) is 17.4. The lowest BCUT2D eigenvalue weighted by atomic mass is 10.1. The number of rotatable bonds is 5. The molecule has 0 saturated carbocycles. The van der Waals surface area contributed by atoms with Gasteiger partial charge in [-0.15, -0.1) is 0 Å². The third-order valence-corrected chi connectivity index (χ3v) is 6.61. The molecule has 1 saturated heterocycles. The number of likely N-dealkylation sites (tertiary alicyclic amines) is 1. The average molecular weight is 430 g/mol. The molecule has 0 N–H and O–H groups in total. The Morgan fingerprint density at radius 1 is 1.00 bits per heavy atom. The van der Waals surface area contributed by atoms with Crippen molar-refractivity contribution in [2.75, 3.05) is 6.54 Å². The van der Waals surface area contributed by atoms with Crippen LogP contribution < -0.4 is 0 Å². The van der Waals surface area contributed by atoms with Crippen molar-refractivity contribution in [3.8, 4) is 0 Å². The summed E-state index contributed by atoms with van der Waals surface area (Å²) in [6.45, 7) is 3.40. The minimum atomic E-state index is 0.0418. The molecule has 0 radical (unpaired) electrons. The molecular weight excluding hydrogens is 406 g/mol. The zero-order valence-corrected chi connectivity index (χ0v) is 18.2. The van der Waals surface area contributed by atoms with Crippen molar-refractivity contribution in [3.05, 3.63) is 101 Å². The number of benzene rings is 3. The molecule has 1 amide bonds. The Morgan fingerprint density at radius 2 is 1.71 bits per heavy atom. The van der Waals surface area contributed by atoms with E-state index in [0.29, 0.717) is 19.5 Å². The normalized spacial score (nSPS) is 17.4. The van der Waals surface area contributed by atoms with Gasteiger partial charge in [-0.3, -0.25) is 4.79 Å². The highest BCUT2D eigenvalue weighted by Gasteiger charge is 2.36. The molecule has 5 rings (SSSR count). The molecular formula is C26H24ClN3O. The zero-order chi connectivity index (χ0) is 21.4. The van der Waals surface area contributed by atoms with Crippen LogP contribution in [0.5, 0.6) is 0 Å². The molecule has 4 aromatic rings. The van der Waals surface area contributed by atoms with Crippen LogP contribution in [0.1, 0.15) is 42.3 Å². The number of amides is 1. The monoisotopic (exact) mass is 429 g/mol. The Morgan fingerprint density at radius 3 is 2.52 bits per heavy atom. The predicted molar refractivity (Wildman–Crippen MR) is 124 cm³/mol. The fourth-order valence-electron chi connectivity index (χ4n) is 4.56. The molecule has 156 valence electrons. The molecule has 2 unspecified atom stereocenters. The highest BCUT2D eigenvalue weighted by atomic mass is 35.5. The number of fused-ring (bicyclic) bond motifs is 1. The smallest absolute Gasteiger partial charge is 0.223 e. The second-order valence-electron chi connectivity index (χ2n) is 8.17. The van der Waals surface area contributed by atoms with Crippen molar-refractivity contribution >= 4 is 28.5 Å². The van der Waals surface area contributed by atoms with Crippen LogP contribution >= 0.6 is 11.6 Å². The Labute approximate surface area is 187 Å². The van der Waals surface area contributed by atoms with Crippen molar-refractivity contribution in [2.24, 2.45) is 0 Å². The number of carbonyl (C=O) groups is 1. The van der Waals surface area contributed by atoms with Crippen LogP contribution in [0, 0.1) is 0 Å². The molecule has 1 aliphatic heterocycles. The van der Waals surface area contributed by atoms with E-state index in [1.54, 1.807) is 0 Å². The van der Waals surface area contributed by atoms with Crippen molar-refractivity contribution in [1.29, 1.82) is 0 Å². The molecule has 2 atom stereocenters. The van der Waals surface area contributed by atoms with Gasteiger partial charge in [0.15, 0.2) is 0 Å². The van der Waals surface area contributed by atoms with E-state index in [4.69, 9.17) is 16.6 Å². The number of halogens is 1. The summed E-state index contributed by atoms with van der Waals surface area (Å²) in [6.07, 6.45) is 0.475. The van der Waals surface area contributed by atoms with E-state index in [1.165, 1.54) is 0 Å². The van der Waals surface area contributed by atoms with Crippen molar-refractivity contribution in [2.45, 2.75) is 31.8 Å². The molecule has 1 fully saturated rings. The van der Waals surface area contributed by atoms with Crippen LogP contribution in [0.25, 0.3) is 11.0 Å². The molecule has 0 bridgehead atoms. The van der Waals surface area contributed by atoms with Gasteiger partial charge in [0.2, 0.25) is 5.91 Å². The van der Waals surface area contributed by atoms with Gasteiger partial charge in [-0.2, -0.15) is 0 Å². The van der Waals surface area contributed by atoms with Gasteiger partial charge in [0, 0.05) is 23.9 Å². The Balaban J connectivity index is 1.50. The number of aromatic nitrogens is 2. The van der Waals surface area contributed by atoms with Crippen LogP contribution in [0.3, 0.4) is 0 Å². The third kappa shape index (κ3) is 3.72. The fraction of sp³-hybridized carbons (Fsp3) is 0.231. The van der Waals surface area contributed by atoms with Crippen LogP contribution in [-0.2, 0) is 11.3 Å². The standard InChI is InChI=1S/C26H24ClN3O/c1-18(19-9-3-2-4-10-19)29-17-21(15-25(29)31)26-28-23-13-7-8-14-24(23)30(26)16-20-11-5-6-12-22(20)27/h2-14,18,21H,15-17H2,1H3. The highest BCUT2D eigenvalue weighted by molar-refractivity contribution is 6.31. The molecule has 0 aliphatic carbocycles. The first-order valence-electron chi connectivity index (χ1n) is 10.6. The minimum absolute atomic E-state index is 0.0418. The minimum Gasteiger partial charge on any atom is -0.335 e. The van der Waals surface area contributed by atoms with E-state index in [9.17, 15) is 4.79 Å². The first-order valence-corrected chi connectivity index (χ1v) is 11.0. The average Bonchev–Trinajstić information content (AvgIpc) is 3.36. The number of nitrogens with zero attached hydrogens (tertiary/aromatic N) is 3. The lowest BCUT2D eigenvalue weighted by Crippen LogP contribution is -2.28. The summed E-state index contributed by atoms with van der Waals surface area (Å²) in [7, 11) is 0. The van der Waals surface area contributed by atoms with Crippen LogP contribution in [0.4, 0.5) is 0 Å². The number of para-hydroxylation sites is 2. The fourth-order valence-corrected chi connectivity index (χ4v) is 4.75. The maximum atomic E-state index is 13.0. The summed E-state index contributed by atoms with van der Waals surface area (Å²) < 4.78 is 2.23. The molecule has 4 nitrogen and oxygen atoms in total. The summed E-state index contributed by atoms with van der Waals surface area (Å²) in [5, 5.41) is 0.744. The summed E-state index contributed by atoms with van der Waals surface area (Å²) in [5.41, 5.74) is 4.22. The maximum absolute atomic E-state index is 13.0. The van der Waals surface area contributed by atoms with E-state index in [1.807, 2.05) is 65.6 Å². The van der Waals surface area contributed by atoms with E-state index in [0.717, 1.165) is 33.0 Å². The Kier molecular flexibility index (Phi) is 5.24. The first-order chi connectivity index (χ1) is 15.1. The lowest BCUT2D eigenvalue weighted by Gasteiger charge is -2.25. The van der Waals surface area contributed by atoms with E-state index in [-0.39, 0.29) is 17.9 Å². The molecule has 1 aliphatic rings. The molecule has 2 heterocycles. The topological polar surface area (TPSA) is 38.1 Å². The van der Waals surface area contributed by atoms with E-state index in [2.05, 4.69) is 29.7 Å². The Hall–Kier alpha value is -3.11. The SMILES string of the molecule is CC(c1ccccc1)N1CC(c2nc3ccccc3n2Cc2ccccc2Cl)CC1=O. The van der Waals surface area contributed by atoms with Gasteiger partial charge in [0.1, 0.15) is 5.82 Å². The summed E-state index contributed by atoms with van der Waals surface area (Å²) in [5.74, 6) is 1.18. The van der Waals surface area contributed by atoms with Crippen LogP contribution in [-0.4, -0.2) is 26.9 Å². The van der Waals surface area contributed by atoms with Gasteiger partial charge in [-0.05, 0) is 36.2 Å². The van der Waals surface area contributed by atoms with Crippen molar-refractivity contribution in [3.63, 3.8) is 0 Å². The first kappa shape index (κ1) is 19.8. The predicted octanol–water partition coefficient (Wildman–Crippen LogP) is 5.82. The van der Waals surface area contributed by atoms with Crippen molar-refractivity contribution < 1.29 is 4.79 Å². The van der Waals surface area contributed by atoms with Gasteiger partial charge in [-0.1, -0.05) is 72.3 Å². The van der Waals surface area contributed by atoms with E-state index >= 15 is 0 Å². The Bertz CT molecular complexity index is 1230. The second kappa shape index (κ2) is 8.20. The van der Waals surface area contributed by atoms with Gasteiger partial charge < -0.3 is 9.47 Å². The maximum Gasteiger partial charge on any atom is 0.223 e. The molecule has 3 aromatic carbocycles. The molecule has 31 heavy (non-hydrogen) atoms. The summed E-state index contributed by atoms with van der Waals surface area (Å²) >= 11 is 6.46. The van der Waals surface area contributed by atoms with Crippen LogP contribution in [0.15, 0.2) is 78.9 Å². The molecule has 1 aromatic heterocycles. The summed E-state index contributed by atoms with van der Waals surface area (Å²) in [4.78, 5) is 19.9. The van der Waals surface area contributed by atoms with Crippen LogP contribution in [0.2, 0.25) is 5.02 Å². The number of hydrogen-bond acceptors (Lipinski definition) is 2. The number of hydrogen-bond donors (Lipinski definition) is 0. The third-order valence-electron chi connectivity index (χ3n) is 6.24. The van der Waals surface area contributed by atoms with Gasteiger partial charge >= 0.3 is 0 Å². The quantitative estimate of drug-likeness (QED) is 0.401. The van der Waals surface area contributed by atoms with Crippen molar-refractivity contribution in [1.82, 2.24) is 14.5 Å². The number of imidazole rings is 1. The van der Waals surface area contributed by atoms with Gasteiger partial charge in [0.05, 0.1) is 23.6 Å². The second-order valence-corrected chi connectivity index (χ2v) is 8.58. The number of carbonyl (C=O) groups excluding carboxylic acids is 1. The van der Waals surface area contributed by atoms with Gasteiger partial charge in [0.25, 0.3) is 0 Å². The molecule has 5 heteroatoms. The highest BCUT2D eigenvalue weighted by Crippen LogP contribution is 2.35. The van der Waals surface area contributed by atoms with Gasteiger partial charge in [-0.25, -0.2) is 4.98 Å². The molecule has 0 spiro atoms. The lowest BCUT2D eigenvalue weighted by molar-refractivity contribution is -0.129. The summed E-state index contributed by atoms with van der Waals surface area (Å²) in [6, 6.07) is 26.3. The largest absolute Gasteiger partial charge is 0.335 e. The van der Waals surface area contributed by atoms with E-state index < -0.39 is 0 Å².